The van der Waals surface area contributed by atoms with E-state index in [9.17, 15) is 5.11 Å². The number of likely N-dealkylation sites (tertiary alicyclic amines) is 1. The molecule has 3 heteroatoms. The highest BCUT2D eigenvalue weighted by atomic mass is 16.3. The SMILES string of the molecule is CC(C)NC(CO)CN1C(C)CCCC1C. The van der Waals surface area contributed by atoms with Gasteiger partial charge in [-0.2, -0.15) is 0 Å². The molecule has 0 aromatic carbocycles. The zero-order chi connectivity index (χ0) is 12.1. The third-order valence-electron chi connectivity index (χ3n) is 3.60. The van der Waals surface area contributed by atoms with Crippen LogP contribution in [0.2, 0.25) is 0 Å². The minimum atomic E-state index is 0.211. The number of aliphatic hydroxyl groups excluding tert-OH is 1. The summed E-state index contributed by atoms with van der Waals surface area (Å²) in [5, 5.41) is 12.8. The molecule has 0 aromatic rings. The molecule has 96 valence electrons. The van der Waals surface area contributed by atoms with Gasteiger partial charge in [-0.05, 0) is 26.7 Å². The van der Waals surface area contributed by atoms with E-state index in [4.69, 9.17) is 0 Å². The Morgan fingerprint density at radius 1 is 1.25 bits per heavy atom. The summed E-state index contributed by atoms with van der Waals surface area (Å²) in [4.78, 5) is 2.54. The lowest BCUT2D eigenvalue weighted by Gasteiger charge is -2.41. The molecule has 16 heavy (non-hydrogen) atoms. The lowest BCUT2D eigenvalue weighted by molar-refractivity contribution is 0.0765. The van der Waals surface area contributed by atoms with Crippen molar-refractivity contribution >= 4 is 0 Å². The van der Waals surface area contributed by atoms with E-state index in [1.807, 2.05) is 0 Å². The van der Waals surface area contributed by atoms with E-state index in [1.54, 1.807) is 0 Å². The fourth-order valence-corrected chi connectivity index (χ4v) is 2.72. The Balaban J connectivity index is 2.48. The first-order valence-electron chi connectivity index (χ1n) is 6.67. The molecule has 1 saturated heterocycles. The van der Waals surface area contributed by atoms with Gasteiger partial charge in [-0.3, -0.25) is 4.90 Å². The van der Waals surface area contributed by atoms with E-state index in [1.165, 1.54) is 19.3 Å². The fraction of sp³-hybridized carbons (Fsp3) is 1.00. The Hall–Kier alpha value is -0.120. The van der Waals surface area contributed by atoms with E-state index in [-0.39, 0.29) is 12.6 Å². The van der Waals surface area contributed by atoms with Crippen molar-refractivity contribution in [2.45, 2.75) is 71.1 Å². The third kappa shape index (κ3) is 4.04. The lowest BCUT2D eigenvalue weighted by atomic mass is 9.97. The van der Waals surface area contributed by atoms with Gasteiger partial charge in [-0.15, -0.1) is 0 Å². The molecule has 1 aliphatic rings. The van der Waals surface area contributed by atoms with Gasteiger partial charge < -0.3 is 10.4 Å². The number of nitrogens with one attached hydrogen (secondary N) is 1. The Morgan fingerprint density at radius 2 is 1.81 bits per heavy atom. The maximum Gasteiger partial charge on any atom is 0.0597 e. The minimum Gasteiger partial charge on any atom is -0.395 e. The average molecular weight is 228 g/mol. The quantitative estimate of drug-likeness (QED) is 0.750. The van der Waals surface area contributed by atoms with Crippen molar-refractivity contribution in [1.29, 1.82) is 0 Å². The highest BCUT2D eigenvalue weighted by Crippen LogP contribution is 2.22. The van der Waals surface area contributed by atoms with Gasteiger partial charge in [0.25, 0.3) is 0 Å². The number of hydrogen-bond acceptors (Lipinski definition) is 3. The summed E-state index contributed by atoms with van der Waals surface area (Å²) in [5.41, 5.74) is 0. The summed E-state index contributed by atoms with van der Waals surface area (Å²) < 4.78 is 0. The van der Waals surface area contributed by atoms with Crippen molar-refractivity contribution in [3.05, 3.63) is 0 Å². The van der Waals surface area contributed by atoms with E-state index in [0.717, 1.165) is 6.54 Å². The van der Waals surface area contributed by atoms with Crippen LogP contribution in [0.5, 0.6) is 0 Å². The highest BCUT2D eigenvalue weighted by Gasteiger charge is 2.26. The molecule has 3 atom stereocenters. The molecule has 1 aliphatic heterocycles. The molecule has 3 unspecified atom stereocenters. The maximum atomic E-state index is 9.39. The third-order valence-corrected chi connectivity index (χ3v) is 3.60. The molecule has 0 aromatic heterocycles. The fourth-order valence-electron chi connectivity index (χ4n) is 2.72. The first-order chi connectivity index (χ1) is 7.54. The zero-order valence-corrected chi connectivity index (χ0v) is 11.2. The standard InChI is InChI=1S/C13H28N2O/c1-10(2)14-13(9-16)8-15-11(3)6-5-7-12(15)4/h10-14,16H,5-9H2,1-4H3. The monoisotopic (exact) mass is 228 g/mol. The van der Waals surface area contributed by atoms with Crippen LogP contribution in [0.1, 0.15) is 47.0 Å². The van der Waals surface area contributed by atoms with Crippen LogP contribution >= 0.6 is 0 Å². The van der Waals surface area contributed by atoms with E-state index < -0.39 is 0 Å². The Bertz CT molecular complexity index is 186. The number of nitrogens with zero attached hydrogens (tertiary/aromatic N) is 1. The van der Waals surface area contributed by atoms with Gasteiger partial charge in [0.05, 0.1) is 6.61 Å². The van der Waals surface area contributed by atoms with Gasteiger partial charge in [0.2, 0.25) is 0 Å². The van der Waals surface area contributed by atoms with Crippen molar-refractivity contribution < 1.29 is 5.11 Å². The van der Waals surface area contributed by atoms with E-state index in [0.29, 0.717) is 18.1 Å². The molecular weight excluding hydrogens is 200 g/mol. The molecule has 3 nitrogen and oxygen atoms in total. The second-order valence-corrected chi connectivity index (χ2v) is 5.53. The molecule has 0 saturated carbocycles. The number of aliphatic hydroxyl groups is 1. The van der Waals surface area contributed by atoms with Crippen LogP contribution in [0.15, 0.2) is 0 Å². The van der Waals surface area contributed by atoms with Gasteiger partial charge in [-0.1, -0.05) is 20.3 Å². The minimum absolute atomic E-state index is 0.211. The van der Waals surface area contributed by atoms with Crippen LogP contribution in [0.3, 0.4) is 0 Å². The van der Waals surface area contributed by atoms with Crippen molar-refractivity contribution in [3.8, 4) is 0 Å². The number of hydrogen-bond donors (Lipinski definition) is 2. The predicted molar refractivity (Wildman–Crippen MR) is 68.6 cm³/mol. The van der Waals surface area contributed by atoms with Crippen LogP contribution in [-0.2, 0) is 0 Å². The average Bonchev–Trinajstić information content (AvgIpc) is 2.21. The molecule has 0 spiro atoms. The van der Waals surface area contributed by atoms with Crippen molar-refractivity contribution in [2.24, 2.45) is 0 Å². The summed E-state index contributed by atoms with van der Waals surface area (Å²) >= 11 is 0. The second-order valence-electron chi connectivity index (χ2n) is 5.53. The molecule has 0 bridgehead atoms. The van der Waals surface area contributed by atoms with E-state index in [2.05, 4.69) is 37.9 Å². The first kappa shape index (κ1) is 13.9. The maximum absolute atomic E-state index is 9.39. The normalized spacial score (nSPS) is 29.6. The van der Waals surface area contributed by atoms with Crippen LogP contribution in [0, 0.1) is 0 Å². The van der Waals surface area contributed by atoms with Crippen LogP contribution < -0.4 is 5.32 Å². The Kier molecular flexibility index (Phi) is 5.73. The van der Waals surface area contributed by atoms with Crippen LogP contribution in [-0.4, -0.2) is 47.3 Å². The molecule has 0 radical (unpaired) electrons. The summed E-state index contributed by atoms with van der Waals surface area (Å²) in [7, 11) is 0. The van der Waals surface area contributed by atoms with Gasteiger partial charge in [0.15, 0.2) is 0 Å². The summed E-state index contributed by atoms with van der Waals surface area (Å²) in [6, 6.07) is 1.97. The van der Waals surface area contributed by atoms with Crippen LogP contribution in [0.4, 0.5) is 0 Å². The highest BCUT2D eigenvalue weighted by molar-refractivity contribution is 4.83. The van der Waals surface area contributed by atoms with Gasteiger partial charge in [-0.25, -0.2) is 0 Å². The summed E-state index contributed by atoms with van der Waals surface area (Å²) in [6.45, 7) is 10.1. The van der Waals surface area contributed by atoms with Crippen molar-refractivity contribution in [1.82, 2.24) is 10.2 Å². The predicted octanol–water partition coefficient (Wildman–Crippen LogP) is 1.61. The Morgan fingerprint density at radius 3 is 2.25 bits per heavy atom. The smallest absolute Gasteiger partial charge is 0.0597 e. The first-order valence-corrected chi connectivity index (χ1v) is 6.67. The lowest BCUT2D eigenvalue weighted by Crippen LogP contribution is -2.52. The summed E-state index contributed by atoms with van der Waals surface area (Å²) in [6.07, 6.45) is 3.94. The molecule has 0 aliphatic carbocycles. The van der Waals surface area contributed by atoms with Gasteiger partial charge in [0.1, 0.15) is 0 Å². The summed E-state index contributed by atoms with van der Waals surface area (Å²) in [5.74, 6) is 0. The number of rotatable bonds is 5. The van der Waals surface area contributed by atoms with Crippen molar-refractivity contribution in [3.63, 3.8) is 0 Å². The molecule has 1 fully saturated rings. The van der Waals surface area contributed by atoms with Gasteiger partial charge >= 0.3 is 0 Å². The molecule has 0 amide bonds. The second kappa shape index (κ2) is 6.58. The Labute approximate surface area is 100 Å². The largest absolute Gasteiger partial charge is 0.395 e. The van der Waals surface area contributed by atoms with Crippen LogP contribution in [0.25, 0.3) is 0 Å². The molecular formula is C13H28N2O. The number of piperidine rings is 1. The topological polar surface area (TPSA) is 35.5 Å². The van der Waals surface area contributed by atoms with Crippen molar-refractivity contribution in [2.75, 3.05) is 13.2 Å². The molecule has 1 rings (SSSR count). The van der Waals surface area contributed by atoms with E-state index >= 15 is 0 Å². The molecule has 2 N–H and O–H groups in total. The molecule has 1 heterocycles. The zero-order valence-electron chi connectivity index (χ0n) is 11.2. The van der Waals surface area contributed by atoms with Gasteiger partial charge in [0, 0.05) is 30.7 Å².